The average molecular weight is 347 g/mol. The fraction of sp³-hybridized carbons (Fsp3) is 0.500. The quantitative estimate of drug-likeness (QED) is 0.576. The Morgan fingerprint density at radius 2 is 2.05 bits per heavy atom. The summed E-state index contributed by atoms with van der Waals surface area (Å²) in [6.45, 7) is 8.75. The molecule has 0 saturated carbocycles. The lowest BCUT2D eigenvalue weighted by molar-refractivity contribution is -0.144. The molecule has 0 amide bonds. The zero-order valence-electron chi connectivity index (χ0n) is 11.8. The largest absolute Gasteiger partial charge is 0.466 e. The molecule has 0 aliphatic heterocycles. The summed E-state index contributed by atoms with van der Waals surface area (Å²) < 4.78 is 19.5. The summed E-state index contributed by atoms with van der Waals surface area (Å²) in [5.41, 5.74) is 0.368. The van der Waals surface area contributed by atoms with Crippen LogP contribution in [0.2, 0.25) is 25.7 Å². The Morgan fingerprint density at radius 1 is 1.42 bits per heavy atom. The molecule has 2 nitrogen and oxygen atoms in total. The normalized spacial score (nSPS) is 13.2. The lowest BCUT2D eigenvalue weighted by Gasteiger charge is -2.17. The van der Waals surface area contributed by atoms with E-state index >= 15 is 0 Å². The molecule has 0 spiro atoms. The van der Waals surface area contributed by atoms with E-state index in [1.54, 1.807) is 25.1 Å². The van der Waals surface area contributed by atoms with E-state index in [2.05, 4.69) is 35.6 Å². The molecule has 19 heavy (non-hydrogen) atoms. The van der Waals surface area contributed by atoms with Crippen LogP contribution in [0, 0.1) is 5.82 Å². The van der Waals surface area contributed by atoms with Gasteiger partial charge in [0.05, 0.1) is 17.0 Å². The van der Waals surface area contributed by atoms with Gasteiger partial charge in [0.1, 0.15) is 5.82 Å². The minimum Gasteiger partial charge on any atom is -0.466 e. The third-order valence-electron chi connectivity index (χ3n) is 2.90. The van der Waals surface area contributed by atoms with Gasteiger partial charge in [-0.3, -0.25) is 4.79 Å². The molecule has 1 atom stereocenters. The van der Waals surface area contributed by atoms with E-state index in [9.17, 15) is 9.18 Å². The molecular formula is C14H20BrFO2Si. The minimum atomic E-state index is -1.22. The number of halogens is 2. The van der Waals surface area contributed by atoms with Crippen LogP contribution in [0.25, 0.3) is 0 Å². The van der Waals surface area contributed by atoms with Gasteiger partial charge >= 0.3 is 5.97 Å². The van der Waals surface area contributed by atoms with E-state index in [4.69, 9.17) is 4.74 Å². The molecule has 5 heteroatoms. The van der Waals surface area contributed by atoms with Gasteiger partial charge in [0.15, 0.2) is 0 Å². The summed E-state index contributed by atoms with van der Waals surface area (Å²) in [7, 11) is -1.22. The monoisotopic (exact) mass is 346 g/mol. The number of ether oxygens (including phenoxy) is 1. The molecule has 0 heterocycles. The Balaban J connectivity index is 2.65. The summed E-state index contributed by atoms with van der Waals surface area (Å²) in [6, 6.07) is 5.87. The molecule has 0 fully saturated rings. The molecule has 1 aromatic rings. The van der Waals surface area contributed by atoms with Crippen LogP contribution in [0.4, 0.5) is 4.39 Å². The van der Waals surface area contributed by atoms with E-state index in [0.29, 0.717) is 16.6 Å². The summed E-state index contributed by atoms with van der Waals surface area (Å²) in [5.74, 6) is -1.34. The number of carbonyl (C=O) groups is 1. The first-order valence-electron chi connectivity index (χ1n) is 6.33. The fourth-order valence-corrected chi connectivity index (χ4v) is 2.66. The average Bonchev–Trinajstić information content (AvgIpc) is 2.30. The Labute approximate surface area is 123 Å². The highest BCUT2D eigenvalue weighted by Gasteiger charge is 2.22. The van der Waals surface area contributed by atoms with Crippen molar-refractivity contribution in [1.82, 2.24) is 0 Å². The van der Waals surface area contributed by atoms with Crippen molar-refractivity contribution in [2.24, 2.45) is 0 Å². The lowest BCUT2D eigenvalue weighted by atomic mass is 10.0. The molecular weight excluding hydrogens is 327 g/mol. The first-order chi connectivity index (χ1) is 8.72. The maximum Gasteiger partial charge on any atom is 0.313 e. The fourth-order valence-electron chi connectivity index (χ4n) is 1.56. The predicted octanol–water partition coefficient (Wildman–Crippen LogP) is 4.57. The molecule has 0 saturated heterocycles. The summed E-state index contributed by atoms with van der Waals surface area (Å²) in [4.78, 5) is 11.9. The summed E-state index contributed by atoms with van der Waals surface area (Å²) in [6.07, 6.45) is 0. The zero-order valence-corrected chi connectivity index (χ0v) is 14.4. The van der Waals surface area contributed by atoms with E-state index in [0.717, 1.165) is 6.04 Å². The molecule has 0 N–H and O–H groups in total. The third kappa shape index (κ3) is 5.07. The van der Waals surface area contributed by atoms with Gasteiger partial charge < -0.3 is 4.74 Å². The van der Waals surface area contributed by atoms with Crippen LogP contribution in [0.1, 0.15) is 18.4 Å². The molecule has 0 aliphatic rings. The van der Waals surface area contributed by atoms with Crippen molar-refractivity contribution in [3.05, 3.63) is 34.1 Å². The highest BCUT2D eigenvalue weighted by molar-refractivity contribution is 9.10. The highest BCUT2D eigenvalue weighted by Crippen LogP contribution is 2.26. The van der Waals surface area contributed by atoms with Crippen molar-refractivity contribution >= 4 is 30.0 Å². The number of esters is 1. The molecule has 0 aliphatic carbocycles. The van der Waals surface area contributed by atoms with Gasteiger partial charge in [0, 0.05) is 13.6 Å². The second kappa shape index (κ2) is 6.66. The zero-order chi connectivity index (χ0) is 14.6. The lowest BCUT2D eigenvalue weighted by Crippen LogP contribution is -2.24. The van der Waals surface area contributed by atoms with Gasteiger partial charge in [0.2, 0.25) is 0 Å². The maximum atomic E-state index is 13.9. The predicted molar refractivity (Wildman–Crippen MR) is 81.6 cm³/mol. The molecule has 106 valence electrons. The van der Waals surface area contributed by atoms with Crippen molar-refractivity contribution < 1.29 is 13.9 Å². The number of hydrogen-bond donors (Lipinski definition) is 0. The Bertz CT molecular complexity index is 457. The number of carbonyl (C=O) groups excluding carboxylic acids is 1. The third-order valence-corrected chi connectivity index (χ3v) is 5.21. The SMILES string of the molecule is CC(C(=O)OCC[Si](C)(C)C)c1cccc(Br)c1F. The first-order valence-corrected chi connectivity index (χ1v) is 10.8. The second-order valence-corrected chi connectivity index (χ2v) is 12.3. The maximum absolute atomic E-state index is 13.9. The van der Waals surface area contributed by atoms with E-state index in [-0.39, 0.29) is 5.97 Å². The molecule has 0 bridgehead atoms. The number of benzene rings is 1. The van der Waals surface area contributed by atoms with E-state index < -0.39 is 19.8 Å². The molecule has 0 aromatic heterocycles. The Kier molecular flexibility index (Phi) is 5.74. The van der Waals surface area contributed by atoms with Gasteiger partial charge in [-0.15, -0.1) is 0 Å². The van der Waals surface area contributed by atoms with Crippen LogP contribution >= 0.6 is 15.9 Å². The summed E-state index contributed by atoms with van der Waals surface area (Å²) >= 11 is 3.12. The topological polar surface area (TPSA) is 26.3 Å². The summed E-state index contributed by atoms with van der Waals surface area (Å²) in [5, 5.41) is 0. The van der Waals surface area contributed by atoms with Gasteiger partial charge in [-0.1, -0.05) is 31.8 Å². The van der Waals surface area contributed by atoms with Crippen LogP contribution in [0.5, 0.6) is 0 Å². The Morgan fingerprint density at radius 3 is 2.63 bits per heavy atom. The molecule has 1 aromatic carbocycles. The van der Waals surface area contributed by atoms with Crippen molar-refractivity contribution in [2.45, 2.75) is 38.5 Å². The molecule has 1 unspecified atom stereocenters. The van der Waals surface area contributed by atoms with Gasteiger partial charge in [-0.05, 0) is 35.0 Å². The number of hydrogen-bond acceptors (Lipinski definition) is 2. The van der Waals surface area contributed by atoms with Crippen LogP contribution in [-0.2, 0) is 9.53 Å². The standard InChI is InChI=1S/C14H20BrFO2Si/c1-10(11-6-5-7-12(15)13(11)16)14(17)18-8-9-19(2,3)4/h5-7,10H,8-9H2,1-4H3. The van der Waals surface area contributed by atoms with E-state index in [1.165, 1.54) is 0 Å². The second-order valence-electron chi connectivity index (χ2n) is 5.84. The smallest absolute Gasteiger partial charge is 0.313 e. The highest BCUT2D eigenvalue weighted by atomic mass is 79.9. The molecule has 1 rings (SSSR count). The van der Waals surface area contributed by atoms with Crippen molar-refractivity contribution in [3.8, 4) is 0 Å². The van der Waals surface area contributed by atoms with Gasteiger partial charge in [0.25, 0.3) is 0 Å². The minimum absolute atomic E-state index is 0.366. The van der Waals surface area contributed by atoms with Crippen molar-refractivity contribution in [1.29, 1.82) is 0 Å². The Hall–Kier alpha value is -0.683. The van der Waals surface area contributed by atoms with Crippen molar-refractivity contribution in [2.75, 3.05) is 6.61 Å². The van der Waals surface area contributed by atoms with Gasteiger partial charge in [-0.2, -0.15) is 0 Å². The van der Waals surface area contributed by atoms with Crippen LogP contribution in [0.3, 0.4) is 0 Å². The van der Waals surface area contributed by atoms with Gasteiger partial charge in [-0.25, -0.2) is 4.39 Å². The van der Waals surface area contributed by atoms with Crippen LogP contribution < -0.4 is 0 Å². The van der Waals surface area contributed by atoms with Crippen molar-refractivity contribution in [3.63, 3.8) is 0 Å². The first kappa shape index (κ1) is 16.4. The van der Waals surface area contributed by atoms with Crippen LogP contribution in [0.15, 0.2) is 22.7 Å². The number of rotatable bonds is 5. The molecule has 0 radical (unpaired) electrons. The van der Waals surface area contributed by atoms with Crippen LogP contribution in [-0.4, -0.2) is 20.7 Å². The van der Waals surface area contributed by atoms with E-state index in [1.807, 2.05) is 0 Å².